The van der Waals surface area contributed by atoms with Crippen molar-refractivity contribution < 1.29 is 31.1 Å². The number of alkyl halides is 6. The molecule has 41 heavy (non-hydrogen) atoms. The zero-order valence-corrected chi connectivity index (χ0v) is 23.6. The normalized spacial score (nSPS) is 12.8. The van der Waals surface area contributed by atoms with Crippen molar-refractivity contribution in [2.24, 2.45) is 0 Å². The first kappa shape index (κ1) is 30.7. The number of amides is 1. The summed E-state index contributed by atoms with van der Waals surface area (Å²) >= 11 is 13.8. The van der Waals surface area contributed by atoms with E-state index in [1.165, 1.54) is 24.8 Å². The van der Waals surface area contributed by atoms with Crippen molar-refractivity contribution in [1.29, 1.82) is 0 Å². The van der Waals surface area contributed by atoms with Gasteiger partial charge in [-0.25, -0.2) is 0 Å². The highest BCUT2D eigenvalue weighted by atomic mass is 35.5. The lowest BCUT2D eigenvalue weighted by Crippen LogP contribution is -2.29. The highest BCUT2D eigenvalue weighted by Gasteiger charge is 2.37. The molecule has 0 fully saturated rings. The monoisotopic (exact) mass is 632 g/mol. The highest BCUT2D eigenvalue weighted by Crippen LogP contribution is 2.37. The Kier molecular flexibility index (Phi) is 8.95. The van der Waals surface area contributed by atoms with E-state index in [0.29, 0.717) is 33.8 Å². The second-order valence-electron chi connectivity index (χ2n) is 9.04. The number of carbonyl (C=O) groups is 1. The molecular weight excluding hydrogens is 613 g/mol. The summed E-state index contributed by atoms with van der Waals surface area (Å²) in [5.41, 5.74) is -1.55. The minimum Gasteiger partial charge on any atom is -0.342 e. The van der Waals surface area contributed by atoms with Crippen molar-refractivity contribution in [3.63, 3.8) is 0 Å². The number of benzene rings is 3. The molecule has 0 aliphatic rings. The van der Waals surface area contributed by atoms with Crippen molar-refractivity contribution in [2.45, 2.75) is 43.2 Å². The molecule has 0 aliphatic heterocycles. The molecule has 1 aromatic heterocycles. The molecule has 0 saturated carbocycles. The Hall–Kier alpha value is -3.22. The van der Waals surface area contributed by atoms with Crippen LogP contribution in [0.15, 0.2) is 65.8 Å². The van der Waals surface area contributed by atoms with Crippen LogP contribution in [0.3, 0.4) is 0 Å². The average Bonchev–Trinajstić information content (AvgIpc) is 3.30. The van der Waals surface area contributed by atoms with E-state index in [2.05, 4.69) is 15.5 Å². The summed E-state index contributed by atoms with van der Waals surface area (Å²) in [6.45, 7) is 3.42. The number of thioether (sulfide) groups is 1. The number of nitrogens with one attached hydrogen (secondary N) is 1. The van der Waals surface area contributed by atoms with Gasteiger partial charge in [0.2, 0.25) is 0 Å². The van der Waals surface area contributed by atoms with Crippen molar-refractivity contribution in [3.05, 3.63) is 104 Å². The average molecular weight is 633 g/mol. The van der Waals surface area contributed by atoms with Gasteiger partial charge >= 0.3 is 12.4 Å². The fraction of sp³-hybridized carbons (Fsp3) is 0.222. The van der Waals surface area contributed by atoms with Crippen LogP contribution >= 0.6 is 35.0 Å². The van der Waals surface area contributed by atoms with Crippen LogP contribution in [0.4, 0.5) is 26.3 Å². The Morgan fingerprint density at radius 2 is 1.61 bits per heavy atom. The molecule has 4 rings (SSSR count). The van der Waals surface area contributed by atoms with Crippen molar-refractivity contribution >= 4 is 40.9 Å². The minimum absolute atomic E-state index is 0.0445. The minimum atomic E-state index is -5.10. The molecule has 1 unspecified atom stereocenters. The van der Waals surface area contributed by atoms with Crippen molar-refractivity contribution in [1.82, 2.24) is 20.1 Å². The molecular formula is C27H20Cl2F6N4OS. The van der Waals surface area contributed by atoms with Crippen LogP contribution in [-0.2, 0) is 18.1 Å². The lowest BCUT2D eigenvalue weighted by Gasteiger charge is -2.18. The van der Waals surface area contributed by atoms with Gasteiger partial charge in [0.15, 0.2) is 11.0 Å². The maximum atomic E-state index is 13.3. The summed E-state index contributed by atoms with van der Waals surface area (Å²) in [5.74, 6) is -0.534. The van der Waals surface area contributed by atoms with Gasteiger partial charge in [0, 0.05) is 16.3 Å². The van der Waals surface area contributed by atoms with E-state index >= 15 is 0 Å². The molecule has 14 heteroatoms. The predicted molar refractivity (Wildman–Crippen MR) is 144 cm³/mol. The molecule has 1 heterocycles. The second-order valence-corrected chi connectivity index (χ2v) is 10.8. The first-order valence-corrected chi connectivity index (χ1v) is 13.6. The predicted octanol–water partition coefficient (Wildman–Crippen LogP) is 8.70. The molecule has 0 spiro atoms. The molecule has 3 aromatic carbocycles. The second kappa shape index (κ2) is 11.9. The fourth-order valence-corrected chi connectivity index (χ4v) is 5.31. The molecule has 1 atom stereocenters. The quantitative estimate of drug-likeness (QED) is 0.163. The molecule has 4 aromatic rings. The molecule has 5 nitrogen and oxygen atoms in total. The maximum absolute atomic E-state index is 13.3. The molecule has 0 bridgehead atoms. The van der Waals surface area contributed by atoms with E-state index in [9.17, 15) is 31.1 Å². The van der Waals surface area contributed by atoms with Gasteiger partial charge in [0.05, 0.1) is 27.9 Å². The van der Waals surface area contributed by atoms with Crippen LogP contribution in [-0.4, -0.2) is 20.7 Å². The number of hydrogen-bond acceptors (Lipinski definition) is 4. The number of hydrogen-bond donors (Lipinski definition) is 1. The van der Waals surface area contributed by atoms with E-state index in [1.807, 2.05) is 31.2 Å². The Bertz CT molecular complexity index is 1560. The van der Waals surface area contributed by atoms with Crippen LogP contribution in [0.2, 0.25) is 10.0 Å². The summed E-state index contributed by atoms with van der Waals surface area (Å²) in [5, 5.41) is 11.8. The van der Waals surface area contributed by atoms with Gasteiger partial charge in [-0.05, 0) is 55.8 Å². The zero-order valence-electron chi connectivity index (χ0n) is 21.2. The van der Waals surface area contributed by atoms with Gasteiger partial charge in [0.1, 0.15) is 0 Å². The lowest BCUT2D eigenvalue weighted by molar-refractivity contribution is -0.143. The topological polar surface area (TPSA) is 59.8 Å². The number of nitrogens with zero attached hydrogens (tertiary/aromatic N) is 3. The number of aromatic nitrogens is 3. The van der Waals surface area contributed by atoms with Gasteiger partial charge in [-0.15, -0.1) is 10.2 Å². The number of halogens is 8. The lowest BCUT2D eigenvalue weighted by atomic mass is 10.0. The highest BCUT2D eigenvalue weighted by molar-refractivity contribution is 7.98. The third-order valence-corrected chi connectivity index (χ3v) is 7.38. The fourth-order valence-electron chi connectivity index (χ4n) is 3.92. The first-order valence-electron chi connectivity index (χ1n) is 11.8. The summed E-state index contributed by atoms with van der Waals surface area (Å²) < 4.78 is 81.4. The zero-order chi connectivity index (χ0) is 30.1. The van der Waals surface area contributed by atoms with Crippen LogP contribution in [0.5, 0.6) is 0 Å². The standard InChI is InChI=1S/C27H20Cl2F6N4OS/c1-14-4-3-5-16(8-14)13-41-25-38-37-23(39(25)22-7-6-20(28)12-21(22)29)15(2)36-24(40)17-9-18(26(30,31)32)11-19(10-17)27(33,34)35/h3-12,15H,13H2,1-2H3,(H,36,40). The third-order valence-electron chi connectivity index (χ3n) is 5.84. The van der Waals surface area contributed by atoms with E-state index in [-0.39, 0.29) is 16.9 Å². The number of carbonyl (C=O) groups excluding carboxylic acids is 1. The van der Waals surface area contributed by atoms with Gasteiger partial charge < -0.3 is 5.32 Å². The molecule has 216 valence electrons. The van der Waals surface area contributed by atoms with Crippen LogP contribution in [0.1, 0.15) is 51.4 Å². The van der Waals surface area contributed by atoms with E-state index in [4.69, 9.17) is 23.2 Å². The summed E-state index contributed by atoms with van der Waals surface area (Å²) in [6, 6.07) is 12.1. The van der Waals surface area contributed by atoms with Crippen LogP contribution in [0.25, 0.3) is 5.69 Å². The molecule has 1 amide bonds. The van der Waals surface area contributed by atoms with Gasteiger partial charge in [-0.1, -0.05) is 64.8 Å². The molecule has 0 radical (unpaired) electrons. The van der Waals surface area contributed by atoms with E-state index in [0.717, 1.165) is 11.1 Å². The Morgan fingerprint density at radius 1 is 0.951 bits per heavy atom. The molecule has 1 N–H and O–H groups in total. The smallest absolute Gasteiger partial charge is 0.342 e. The third kappa shape index (κ3) is 7.35. The summed E-state index contributed by atoms with van der Waals surface area (Å²) in [4.78, 5) is 12.9. The SMILES string of the molecule is Cc1cccc(CSc2nnc(C(C)NC(=O)c3cc(C(F)(F)F)cc(C(F)(F)F)c3)n2-c2ccc(Cl)cc2Cl)c1. The van der Waals surface area contributed by atoms with Crippen LogP contribution in [0, 0.1) is 6.92 Å². The molecule has 0 aliphatic carbocycles. The van der Waals surface area contributed by atoms with Gasteiger partial charge in [-0.3, -0.25) is 9.36 Å². The van der Waals surface area contributed by atoms with Crippen molar-refractivity contribution in [3.8, 4) is 5.69 Å². The van der Waals surface area contributed by atoms with E-state index in [1.54, 1.807) is 16.7 Å². The maximum Gasteiger partial charge on any atom is 0.416 e. The van der Waals surface area contributed by atoms with E-state index < -0.39 is 41.0 Å². The largest absolute Gasteiger partial charge is 0.416 e. The van der Waals surface area contributed by atoms with Gasteiger partial charge in [-0.2, -0.15) is 26.3 Å². The Morgan fingerprint density at radius 3 is 2.20 bits per heavy atom. The first-order chi connectivity index (χ1) is 19.1. The number of aryl methyl sites for hydroxylation is 1. The summed E-state index contributed by atoms with van der Waals surface area (Å²) in [7, 11) is 0. The molecule has 0 saturated heterocycles. The van der Waals surface area contributed by atoms with Gasteiger partial charge in [0.25, 0.3) is 5.91 Å². The Balaban J connectivity index is 1.69. The van der Waals surface area contributed by atoms with Crippen LogP contribution < -0.4 is 5.32 Å². The van der Waals surface area contributed by atoms with Crippen molar-refractivity contribution in [2.75, 3.05) is 0 Å². The summed E-state index contributed by atoms with van der Waals surface area (Å²) in [6.07, 6.45) is -10.2. The Labute approximate surface area is 244 Å². The number of rotatable bonds is 7.